The van der Waals surface area contributed by atoms with Crippen molar-refractivity contribution in [2.45, 2.75) is 26.2 Å². The van der Waals surface area contributed by atoms with Gasteiger partial charge in [0.15, 0.2) is 0 Å². The molecule has 0 bridgehead atoms. The van der Waals surface area contributed by atoms with Crippen LogP contribution in [0.1, 0.15) is 26.2 Å². The molecule has 80 valence electrons. The molecule has 0 aromatic heterocycles. The Hall–Kier alpha value is -1.50. The first kappa shape index (κ1) is 11.6. The van der Waals surface area contributed by atoms with Crippen LogP contribution in [0.4, 0.5) is 5.69 Å². The van der Waals surface area contributed by atoms with Crippen molar-refractivity contribution < 1.29 is 0 Å². The lowest BCUT2D eigenvalue weighted by atomic mass is 10.2. The lowest BCUT2D eigenvalue weighted by Crippen LogP contribution is -1.84. The fourth-order valence-electron chi connectivity index (χ4n) is 1.23. The smallest absolute Gasteiger partial charge is 0.0379 e. The fraction of sp³-hybridized carbons (Fsp3) is 0.286. The van der Waals surface area contributed by atoms with Gasteiger partial charge >= 0.3 is 0 Å². The van der Waals surface area contributed by atoms with E-state index in [0.717, 1.165) is 5.69 Å². The summed E-state index contributed by atoms with van der Waals surface area (Å²) < 4.78 is 0. The molecule has 0 radical (unpaired) electrons. The van der Waals surface area contributed by atoms with Crippen LogP contribution in [0.15, 0.2) is 54.8 Å². The van der Waals surface area contributed by atoms with E-state index in [1.807, 2.05) is 42.6 Å². The molecule has 0 spiro atoms. The second-order valence-electron chi connectivity index (χ2n) is 3.44. The minimum absolute atomic E-state index is 1.12. The first-order valence-corrected chi connectivity index (χ1v) is 5.56. The molecule has 0 unspecified atom stereocenters. The topological polar surface area (TPSA) is 12.0 Å². The summed E-state index contributed by atoms with van der Waals surface area (Å²) >= 11 is 0. The third-order valence-corrected chi connectivity index (χ3v) is 2.09. The maximum atomic E-state index is 3.20. The van der Waals surface area contributed by atoms with E-state index in [4.69, 9.17) is 0 Å². The molecule has 0 amide bonds. The largest absolute Gasteiger partial charge is 0.362 e. The lowest BCUT2D eigenvalue weighted by molar-refractivity contribution is 0.815. The molecular formula is C14H19N. The normalized spacial score (nSPS) is 11.3. The van der Waals surface area contributed by atoms with Gasteiger partial charge in [0, 0.05) is 11.9 Å². The average Bonchev–Trinajstić information content (AvgIpc) is 2.29. The van der Waals surface area contributed by atoms with Crippen molar-refractivity contribution in [3.63, 3.8) is 0 Å². The van der Waals surface area contributed by atoms with Crippen LogP contribution < -0.4 is 5.32 Å². The Balaban J connectivity index is 2.20. The van der Waals surface area contributed by atoms with Gasteiger partial charge in [-0.05, 0) is 24.6 Å². The van der Waals surface area contributed by atoms with Gasteiger partial charge in [-0.15, -0.1) is 0 Å². The van der Waals surface area contributed by atoms with E-state index in [9.17, 15) is 0 Å². The molecule has 0 saturated carbocycles. The molecule has 1 aromatic carbocycles. The first-order chi connectivity index (χ1) is 7.43. The molecule has 0 fully saturated rings. The van der Waals surface area contributed by atoms with Gasteiger partial charge in [-0.3, -0.25) is 0 Å². The van der Waals surface area contributed by atoms with Gasteiger partial charge in [-0.2, -0.15) is 0 Å². The summed E-state index contributed by atoms with van der Waals surface area (Å²) in [6, 6.07) is 10.1. The highest BCUT2D eigenvalue weighted by atomic mass is 14.8. The molecule has 0 heterocycles. The maximum Gasteiger partial charge on any atom is 0.0379 e. The van der Waals surface area contributed by atoms with Crippen molar-refractivity contribution in [1.29, 1.82) is 0 Å². The Morgan fingerprint density at radius 1 is 1.13 bits per heavy atom. The third kappa shape index (κ3) is 5.74. The van der Waals surface area contributed by atoms with Gasteiger partial charge < -0.3 is 5.32 Å². The molecule has 1 heteroatoms. The highest BCUT2D eigenvalue weighted by molar-refractivity contribution is 5.45. The van der Waals surface area contributed by atoms with Crippen LogP contribution in [-0.4, -0.2) is 0 Å². The molecule has 1 rings (SSSR count). The summed E-state index contributed by atoms with van der Waals surface area (Å²) in [5.74, 6) is 0. The predicted octanol–water partition coefficient (Wildman–Crippen LogP) is 4.36. The fourth-order valence-corrected chi connectivity index (χ4v) is 1.23. The third-order valence-electron chi connectivity index (χ3n) is 2.09. The first-order valence-electron chi connectivity index (χ1n) is 5.56. The minimum Gasteiger partial charge on any atom is -0.362 e. The quantitative estimate of drug-likeness (QED) is 0.532. The molecule has 0 atom stereocenters. The minimum atomic E-state index is 1.12. The number of allylic oxidation sites excluding steroid dienone is 3. The van der Waals surface area contributed by atoms with E-state index in [2.05, 4.69) is 24.4 Å². The standard InChI is InChI=1S/C14H19N/c1-2-3-4-5-6-10-13-15-14-11-8-7-9-12-14/h5-13,15H,2-4H2,1H3. The molecule has 1 nitrogen and oxygen atoms in total. The van der Waals surface area contributed by atoms with Gasteiger partial charge in [0.1, 0.15) is 0 Å². The predicted molar refractivity (Wildman–Crippen MR) is 67.9 cm³/mol. The summed E-state index contributed by atoms with van der Waals surface area (Å²) in [5.41, 5.74) is 1.12. The molecule has 0 saturated heterocycles. The average molecular weight is 201 g/mol. The Labute approximate surface area is 92.5 Å². The van der Waals surface area contributed by atoms with E-state index in [1.165, 1.54) is 19.3 Å². The van der Waals surface area contributed by atoms with Crippen LogP contribution in [0.2, 0.25) is 0 Å². The van der Waals surface area contributed by atoms with Crippen LogP contribution in [0, 0.1) is 0 Å². The number of nitrogens with one attached hydrogen (secondary N) is 1. The monoisotopic (exact) mass is 201 g/mol. The summed E-state index contributed by atoms with van der Waals surface area (Å²) in [7, 11) is 0. The van der Waals surface area contributed by atoms with E-state index in [0.29, 0.717) is 0 Å². The summed E-state index contributed by atoms with van der Waals surface area (Å²) in [4.78, 5) is 0. The molecule has 0 aliphatic carbocycles. The molecule has 15 heavy (non-hydrogen) atoms. The zero-order valence-electron chi connectivity index (χ0n) is 9.32. The Kier molecular flexibility index (Phi) is 6.07. The van der Waals surface area contributed by atoms with Crippen LogP contribution in [0.5, 0.6) is 0 Å². The SMILES string of the molecule is CCCCC=CC=CNc1ccccc1. The zero-order valence-corrected chi connectivity index (χ0v) is 9.32. The lowest BCUT2D eigenvalue weighted by Gasteiger charge is -1.97. The summed E-state index contributed by atoms with van der Waals surface area (Å²) in [6.45, 7) is 2.21. The van der Waals surface area contributed by atoms with Gasteiger partial charge in [-0.1, -0.05) is 50.1 Å². The van der Waals surface area contributed by atoms with Gasteiger partial charge in [-0.25, -0.2) is 0 Å². The molecule has 0 aliphatic heterocycles. The molecule has 1 N–H and O–H groups in total. The molecular weight excluding hydrogens is 182 g/mol. The van der Waals surface area contributed by atoms with E-state index in [1.54, 1.807) is 0 Å². The Morgan fingerprint density at radius 3 is 2.67 bits per heavy atom. The zero-order chi connectivity index (χ0) is 10.8. The second kappa shape index (κ2) is 7.86. The van der Waals surface area contributed by atoms with E-state index >= 15 is 0 Å². The van der Waals surface area contributed by atoms with Crippen molar-refractivity contribution in [3.05, 3.63) is 54.8 Å². The number of anilines is 1. The van der Waals surface area contributed by atoms with Crippen LogP contribution in [0.25, 0.3) is 0 Å². The number of hydrogen-bond acceptors (Lipinski definition) is 1. The van der Waals surface area contributed by atoms with Gasteiger partial charge in [0.25, 0.3) is 0 Å². The van der Waals surface area contributed by atoms with Crippen molar-refractivity contribution in [2.24, 2.45) is 0 Å². The molecule has 1 aromatic rings. The van der Waals surface area contributed by atoms with Crippen LogP contribution in [-0.2, 0) is 0 Å². The number of para-hydroxylation sites is 1. The number of hydrogen-bond donors (Lipinski definition) is 1. The van der Waals surface area contributed by atoms with Crippen LogP contribution in [0.3, 0.4) is 0 Å². The highest BCUT2D eigenvalue weighted by Crippen LogP contribution is 2.04. The number of unbranched alkanes of at least 4 members (excludes halogenated alkanes) is 2. The van der Waals surface area contributed by atoms with Crippen molar-refractivity contribution in [3.8, 4) is 0 Å². The second-order valence-corrected chi connectivity index (χ2v) is 3.44. The van der Waals surface area contributed by atoms with E-state index in [-0.39, 0.29) is 0 Å². The number of rotatable bonds is 6. The maximum absolute atomic E-state index is 3.20. The Bertz CT molecular complexity index is 298. The highest BCUT2D eigenvalue weighted by Gasteiger charge is 1.81. The van der Waals surface area contributed by atoms with Crippen molar-refractivity contribution >= 4 is 5.69 Å². The van der Waals surface area contributed by atoms with Crippen molar-refractivity contribution in [2.75, 3.05) is 5.32 Å². The van der Waals surface area contributed by atoms with Gasteiger partial charge in [0.2, 0.25) is 0 Å². The van der Waals surface area contributed by atoms with E-state index < -0.39 is 0 Å². The van der Waals surface area contributed by atoms with Crippen LogP contribution >= 0.6 is 0 Å². The Morgan fingerprint density at radius 2 is 1.93 bits per heavy atom. The molecule has 0 aliphatic rings. The summed E-state index contributed by atoms with van der Waals surface area (Å²) in [5, 5.41) is 3.20. The van der Waals surface area contributed by atoms with Crippen molar-refractivity contribution in [1.82, 2.24) is 0 Å². The summed E-state index contributed by atoms with van der Waals surface area (Å²) in [6.07, 6.45) is 12.0. The number of benzene rings is 1. The van der Waals surface area contributed by atoms with Gasteiger partial charge in [0.05, 0.1) is 0 Å².